The summed E-state index contributed by atoms with van der Waals surface area (Å²) in [5, 5.41) is 16.6. The predicted octanol–water partition coefficient (Wildman–Crippen LogP) is 1.22. The topological polar surface area (TPSA) is 65.5 Å². The number of carbonyl (C=O) groups is 1. The second-order valence-electron chi connectivity index (χ2n) is 1.59. The fourth-order valence-electron chi connectivity index (χ4n) is 0.398. The fraction of sp³-hybridized carbons (Fsp3) is 0.400. The van der Waals surface area contributed by atoms with Crippen molar-refractivity contribution in [1.82, 2.24) is 0 Å². The lowest BCUT2D eigenvalue weighted by Crippen LogP contribution is -1.94. The number of allylic oxidation sites excluding steroid dienone is 2. The van der Waals surface area contributed by atoms with Gasteiger partial charge >= 0.3 is 5.70 Å². The average Bonchev–Trinajstić information content (AvgIpc) is 1.64. The van der Waals surface area contributed by atoms with Crippen LogP contribution >= 0.6 is 0 Å². The molecule has 0 aromatic carbocycles. The first-order valence-corrected chi connectivity index (χ1v) is 2.35. The Hall–Kier alpha value is -1.37. The van der Waals surface area contributed by atoms with Gasteiger partial charge in [0.05, 0.1) is 0 Å². The standard InChI is InChI=1S/C5H6N2O2/c1-3(8)5(7-6)4(2)9/h1-2H3/p+1. The van der Waals surface area contributed by atoms with Crippen LogP contribution in [0.5, 0.6) is 0 Å². The Morgan fingerprint density at radius 2 is 2.00 bits per heavy atom. The third-order valence-corrected chi connectivity index (χ3v) is 0.776. The first-order valence-electron chi connectivity index (χ1n) is 2.35. The second kappa shape index (κ2) is 2.82. The molecule has 0 amide bonds. The zero-order valence-corrected chi connectivity index (χ0v) is 5.25. The first kappa shape index (κ1) is 7.63. The van der Waals surface area contributed by atoms with Gasteiger partial charge in [0, 0.05) is 13.8 Å². The van der Waals surface area contributed by atoms with Crippen molar-refractivity contribution < 1.29 is 9.90 Å². The summed E-state index contributed by atoms with van der Waals surface area (Å²) in [4.78, 5) is 12.9. The average molecular weight is 127 g/mol. The molecule has 9 heavy (non-hydrogen) atoms. The van der Waals surface area contributed by atoms with E-state index in [1.54, 1.807) is 0 Å². The Balaban J connectivity index is 4.62. The molecule has 1 N–H and O–H groups in total. The Bertz CT molecular complexity index is 195. The van der Waals surface area contributed by atoms with Crippen LogP contribution in [0.25, 0.3) is 4.98 Å². The molecule has 0 spiro atoms. The molecule has 0 heterocycles. The van der Waals surface area contributed by atoms with Crippen molar-refractivity contribution in [2.45, 2.75) is 13.8 Å². The van der Waals surface area contributed by atoms with Gasteiger partial charge in [0.1, 0.15) is 0 Å². The molecule has 0 fully saturated rings. The number of carbonyl (C=O) groups excluding carboxylic acids is 1. The number of hydrogen-bond donors (Lipinski definition) is 1. The van der Waals surface area contributed by atoms with Gasteiger partial charge in [-0.3, -0.25) is 4.79 Å². The van der Waals surface area contributed by atoms with Gasteiger partial charge in [0.25, 0.3) is 5.78 Å². The highest BCUT2D eigenvalue weighted by Gasteiger charge is 2.20. The Morgan fingerprint density at radius 1 is 1.56 bits per heavy atom. The molecule has 0 saturated carbocycles. The van der Waals surface area contributed by atoms with Gasteiger partial charge in [-0.1, -0.05) is 0 Å². The fourth-order valence-corrected chi connectivity index (χ4v) is 0.398. The second-order valence-corrected chi connectivity index (χ2v) is 1.59. The Morgan fingerprint density at radius 3 is 2.00 bits per heavy atom. The predicted molar refractivity (Wildman–Crippen MR) is 31.1 cm³/mol. The van der Waals surface area contributed by atoms with Crippen molar-refractivity contribution in [3.63, 3.8) is 0 Å². The molecular weight excluding hydrogens is 120 g/mol. The molecule has 0 bridgehead atoms. The maximum absolute atomic E-state index is 10.3. The van der Waals surface area contributed by atoms with Crippen LogP contribution in [0.4, 0.5) is 0 Å². The quantitative estimate of drug-likeness (QED) is 0.327. The van der Waals surface area contributed by atoms with Gasteiger partial charge in [-0.25, -0.2) is 0 Å². The van der Waals surface area contributed by atoms with Gasteiger partial charge in [-0.05, 0) is 0 Å². The molecule has 0 atom stereocenters. The molecule has 48 valence electrons. The van der Waals surface area contributed by atoms with Crippen LogP contribution in [0.15, 0.2) is 11.5 Å². The highest BCUT2D eigenvalue weighted by molar-refractivity contribution is 5.95. The first-order chi connectivity index (χ1) is 4.09. The third kappa shape index (κ3) is 1.91. The number of aliphatic hydroxyl groups is 1. The van der Waals surface area contributed by atoms with Gasteiger partial charge in [-0.15, -0.1) is 0 Å². The van der Waals surface area contributed by atoms with Crippen molar-refractivity contribution >= 4 is 5.78 Å². The van der Waals surface area contributed by atoms with Crippen LogP contribution in [0.2, 0.25) is 0 Å². The monoisotopic (exact) mass is 127 g/mol. The van der Waals surface area contributed by atoms with Crippen LogP contribution in [-0.2, 0) is 4.79 Å². The van der Waals surface area contributed by atoms with Gasteiger partial charge in [-0.2, -0.15) is 0 Å². The van der Waals surface area contributed by atoms with E-state index >= 15 is 0 Å². The highest BCUT2D eigenvalue weighted by Crippen LogP contribution is 2.02. The number of diazo groups is 1. The minimum atomic E-state index is -0.461. The van der Waals surface area contributed by atoms with E-state index in [9.17, 15) is 4.79 Å². The minimum Gasteiger partial charge on any atom is -0.505 e. The molecule has 0 aromatic heterocycles. The molecule has 0 rings (SSSR count). The van der Waals surface area contributed by atoms with Crippen molar-refractivity contribution in [2.75, 3.05) is 0 Å². The lowest BCUT2D eigenvalue weighted by Gasteiger charge is -1.78. The van der Waals surface area contributed by atoms with Crippen LogP contribution in [-0.4, -0.2) is 10.9 Å². The lowest BCUT2D eigenvalue weighted by molar-refractivity contribution is -0.113. The smallest absolute Gasteiger partial charge is 0.463 e. The van der Waals surface area contributed by atoms with Crippen LogP contribution in [0.3, 0.4) is 0 Å². The normalized spacial score (nSPS) is 11.7. The van der Waals surface area contributed by atoms with Crippen molar-refractivity contribution in [3.05, 3.63) is 16.4 Å². The molecular formula is C5H7N2O2+. The van der Waals surface area contributed by atoms with Crippen molar-refractivity contribution in [2.24, 2.45) is 0 Å². The molecule has 0 radical (unpaired) electrons. The summed E-state index contributed by atoms with van der Waals surface area (Å²) < 4.78 is 0. The van der Waals surface area contributed by atoms with E-state index in [1.165, 1.54) is 13.8 Å². The van der Waals surface area contributed by atoms with E-state index in [1.807, 2.05) is 0 Å². The number of Topliss-reactive ketones (excluding diaryl/α,β-unsaturated/α-hetero) is 1. The number of aliphatic hydroxyl groups excluding tert-OH is 1. The zero-order chi connectivity index (χ0) is 7.44. The highest BCUT2D eigenvalue weighted by atomic mass is 16.3. The molecule has 0 saturated heterocycles. The molecule has 4 heteroatoms. The van der Waals surface area contributed by atoms with Crippen LogP contribution in [0, 0.1) is 5.39 Å². The molecule has 0 aliphatic heterocycles. The summed E-state index contributed by atoms with van der Waals surface area (Å²) in [6, 6.07) is 0. The molecule has 0 aromatic rings. The molecule has 0 aliphatic carbocycles. The number of rotatable bonds is 1. The Labute approximate surface area is 52.4 Å². The maximum atomic E-state index is 10.3. The van der Waals surface area contributed by atoms with E-state index in [0.717, 1.165) is 0 Å². The van der Waals surface area contributed by atoms with E-state index in [-0.39, 0.29) is 11.5 Å². The number of nitrogens with zero attached hydrogens (tertiary/aromatic N) is 2. The van der Waals surface area contributed by atoms with E-state index in [4.69, 9.17) is 10.5 Å². The third-order valence-electron chi connectivity index (χ3n) is 0.776. The van der Waals surface area contributed by atoms with Crippen molar-refractivity contribution in [1.29, 1.82) is 5.39 Å². The maximum Gasteiger partial charge on any atom is 0.463 e. The minimum absolute atomic E-state index is 0.273. The summed E-state index contributed by atoms with van der Waals surface area (Å²) in [6.07, 6.45) is 0. The summed E-state index contributed by atoms with van der Waals surface area (Å²) in [5.74, 6) is -0.734. The summed E-state index contributed by atoms with van der Waals surface area (Å²) >= 11 is 0. The molecule has 0 unspecified atom stereocenters. The number of hydrogen-bond acceptors (Lipinski definition) is 3. The molecule has 4 nitrogen and oxygen atoms in total. The molecule has 0 aliphatic rings. The summed E-state index contributed by atoms with van der Waals surface area (Å²) in [6.45, 7) is 2.48. The van der Waals surface area contributed by atoms with E-state index in [2.05, 4.69) is 4.98 Å². The summed E-state index contributed by atoms with van der Waals surface area (Å²) in [5.41, 5.74) is -0.296. The zero-order valence-electron chi connectivity index (χ0n) is 5.25. The number of ketones is 1. The SMILES string of the molecule is CC(=O)/C([N+]#N)=C(\C)O. The van der Waals surface area contributed by atoms with E-state index in [0.29, 0.717) is 0 Å². The Kier molecular flexibility index (Phi) is 2.39. The van der Waals surface area contributed by atoms with E-state index < -0.39 is 5.78 Å². The van der Waals surface area contributed by atoms with Gasteiger partial charge in [0.2, 0.25) is 5.39 Å². The van der Waals surface area contributed by atoms with Crippen molar-refractivity contribution in [3.8, 4) is 0 Å². The van der Waals surface area contributed by atoms with Crippen LogP contribution in [0.1, 0.15) is 13.8 Å². The van der Waals surface area contributed by atoms with Gasteiger partial charge in [0.15, 0.2) is 10.7 Å². The lowest BCUT2D eigenvalue weighted by atomic mass is 10.3. The summed E-state index contributed by atoms with van der Waals surface area (Å²) in [7, 11) is 0. The van der Waals surface area contributed by atoms with Gasteiger partial charge < -0.3 is 5.11 Å². The largest absolute Gasteiger partial charge is 0.505 e. The van der Waals surface area contributed by atoms with Crippen LogP contribution < -0.4 is 0 Å².